The van der Waals surface area contributed by atoms with Gasteiger partial charge in [-0.15, -0.1) is 0 Å². The maximum absolute atomic E-state index is 13.4. The van der Waals surface area contributed by atoms with E-state index in [4.69, 9.17) is 11.6 Å². The van der Waals surface area contributed by atoms with E-state index in [1.54, 1.807) is 4.72 Å². The van der Waals surface area contributed by atoms with E-state index in [9.17, 15) is 21.6 Å². The zero-order chi connectivity index (χ0) is 15.1. The molecular weight excluding hydrogens is 319 g/mol. The zero-order valence-electron chi connectivity index (χ0n) is 9.86. The van der Waals surface area contributed by atoms with Gasteiger partial charge in [-0.05, 0) is 12.1 Å². The van der Waals surface area contributed by atoms with Crippen LogP contribution in [0.3, 0.4) is 0 Å². The number of halogens is 4. The molecule has 0 radical (unpaired) electrons. The molecule has 0 aliphatic rings. The number of nitrogens with zero attached hydrogens (tertiary/aromatic N) is 2. The van der Waals surface area contributed by atoms with Gasteiger partial charge in [-0.3, -0.25) is 4.72 Å². The Hall–Kier alpha value is -1.74. The Labute approximate surface area is 117 Å². The summed E-state index contributed by atoms with van der Waals surface area (Å²) < 4.78 is 66.0. The maximum atomic E-state index is 13.4. The number of hydrogen-bond acceptors (Lipinski definition) is 3. The molecule has 0 fully saturated rings. The van der Waals surface area contributed by atoms with Crippen LogP contribution in [0, 0.1) is 17.5 Å². The van der Waals surface area contributed by atoms with Crippen LogP contribution in [0.2, 0.25) is 5.15 Å². The highest BCUT2D eigenvalue weighted by atomic mass is 35.5. The molecule has 1 aromatic heterocycles. The minimum absolute atomic E-state index is 0.208. The number of hydrogen-bond donors (Lipinski definition) is 1. The summed E-state index contributed by atoms with van der Waals surface area (Å²) in [5, 5.41) is -0.758. The third-order valence-electron chi connectivity index (χ3n) is 2.37. The second-order valence-corrected chi connectivity index (χ2v) is 5.74. The predicted molar refractivity (Wildman–Crippen MR) is 65.3 cm³/mol. The molecule has 0 saturated heterocycles. The third kappa shape index (κ3) is 2.46. The van der Waals surface area contributed by atoms with Crippen molar-refractivity contribution in [3.63, 3.8) is 0 Å². The van der Waals surface area contributed by atoms with Crippen molar-refractivity contribution in [2.45, 2.75) is 5.03 Å². The Morgan fingerprint density at radius 2 is 1.90 bits per heavy atom. The van der Waals surface area contributed by atoms with Crippen LogP contribution in [0.1, 0.15) is 0 Å². The molecule has 5 nitrogen and oxygen atoms in total. The number of sulfonamides is 1. The highest BCUT2D eigenvalue weighted by Gasteiger charge is 2.25. The molecule has 0 spiro atoms. The summed E-state index contributed by atoms with van der Waals surface area (Å²) in [5.74, 6) is -4.86. The zero-order valence-corrected chi connectivity index (χ0v) is 11.4. The van der Waals surface area contributed by atoms with E-state index in [2.05, 4.69) is 4.98 Å². The van der Waals surface area contributed by atoms with Gasteiger partial charge in [0.05, 0.1) is 12.0 Å². The van der Waals surface area contributed by atoms with Crippen molar-refractivity contribution in [1.29, 1.82) is 0 Å². The minimum atomic E-state index is -4.32. The van der Waals surface area contributed by atoms with E-state index in [1.807, 2.05) is 0 Å². The highest BCUT2D eigenvalue weighted by molar-refractivity contribution is 7.92. The monoisotopic (exact) mass is 325 g/mol. The summed E-state index contributed by atoms with van der Waals surface area (Å²) in [7, 11) is -2.87. The van der Waals surface area contributed by atoms with Crippen molar-refractivity contribution < 1.29 is 21.6 Å². The third-order valence-corrected chi connectivity index (χ3v) is 4.22. The Balaban J connectivity index is 2.44. The first kappa shape index (κ1) is 14.7. The molecule has 0 aliphatic carbocycles. The summed E-state index contributed by atoms with van der Waals surface area (Å²) in [5.41, 5.74) is -0.745. The average Bonchev–Trinajstić information content (AvgIpc) is 2.71. The van der Waals surface area contributed by atoms with E-state index < -0.39 is 38.2 Å². The van der Waals surface area contributed by atoms with Crippen LogP contribution in [0.25, 0.3) is 0 Å². The number of rotatable bonds is 3. The van der Waals surface area contributed by atoms with Crippen LogP contribution in [0.15, 0.2) is 23.5 Å². The number of aryl methyl sites for hydroxylation is 1. The Kier molecular flexibility index (Phi) is 3.65. The average molecular weight is 326 g/mol. The number of nitrogens with one attached hydrogen (secondary N) is 1. The summed E-state index contributed by atoms with van der Waals surface area (Å²) in [6, 6.07) is 1.35. The normalized spacial score (nSPS) is 11.7. The van der Waals surface area contributed by atoms with Crippen molar-refractivity contribution in [2.75, 3.05) is 4.72 Å². The van der Waals surface area contributed by atoms with Gasteiger partial charge in [-0.25, -0.2) is 18.2 Å². The predicted octanol–water partition coefficient (Wildman–Crippen LogP) is 2.29. The molecule has 2 aromatic rings. The molecular formula is C10H7ClF3N3O2S. The van der Waals surface area contributed by atoms with Gasteiger partial charge in [0.2, 0.25) is 5.03 Å². The van der Waals surface area contributed by atoms with Gasteiger partial charge in [-0.2, -0.15) is 8.42 Å². The number of benzene rings is 1. The van der Waals surface area contributed by atoms with Crippen LogP contribution >= 0.6 is 11.6 Å². The molecule has 108 valence electrons. The van der Waals surface area contributed by atoms with Gasteiger partial charge in [0.1, 0.15) is 5.15 Å². The Morgan fingerprint density at radius 1 is 1.25 bits per heavy atom. The summed E-state index contributed by atoms with van der Waals surface area (Å²) in [4.78, 5) is 3.54. The van der Waals surface area contributed by atoms with Gasteiger partial charge in [0, 0.05) is 7.05 Å². The first-order valence-electron chi connectivity index (χ1n) is 5.07. The lowest BCUT2D eigenvalue weighted by molar-refractivity contribution is 0.449. The van der Waals surface area contributed by atoms with Gasteiger partial charge < -0.3 is 4.57 Å². The maximum Gasteiger partial charge on any atom is 0.282 e. The van der Waals surface area contributed by atoms with Gasteiger partial charge in [0.25, 0.3) is 10.0 Å². The number of aromatic nitrogens is 2. The molecule has 0 amide bonds. The van der Waals surface area contributed by atoms with Gasteiger partial charge >= 0.3 is 0 Å². The number of anilines is 1. The molecule has 1 heterocycles. The molecule has 10 heteroatoms. The first-order valence-corrected chi connectivity index (χ1v) is 6.93. The molecule has 0 bridgehead atoms. The van der Waals surface area contributed by atoms with Crippen molar-refractivity contribution in [2.24, 2.45) is 7.05 Å². The molecule has 0 aliphatic heterocycles. The topological polar surface area (TPSA) is 64.0 Å². The van der Waals surface area contributed by atoms with Gasteiger partial charge in [0.15, 0.2) is 17.5 Å². The fraction of sp³-hybridized carbons (Fsp3) is 0.100. The molecule has 2 rings (SSSR count). The molecule has 0 atom stereocenters. The van der Waals surface area contributed by atoms with Crippen molar-refractivity contribution >= 4 is 27.3 Å². The SMILES string of the molecule is Cn1cnc(S(=O)(=O)Nc2ccc(F)c(F)c2F)c1Cl. The standard InChI is InChI=1S/C10H7ClF3N3O2S/c1-17-4-15-10(9(17)11)20(18,19)16-6-3-2-5(12)7(13)8(6)14/h2-4,16H,1H3. The smallest absolute Gasteiger partial charge is 0.282 e. The Morgan fingerprint density at radius 3 is 2.45 bits per heavy atom. The highest BCUT2D eigenvalue weighted by Crippen LogP contribution is 2.25. The van der Waals surface area contributed by atoms with Crippen molar-refractivity contribution in [3.05, 3.63) is 41.1 Å². The molecule has 20 heavy (non-hydrogen) atoms. The molecule has 1 N–H and O–H groups in total. The lowest BCUT2D eigenvalue weighted by Gasteiger charge is -2.08. The number of imidazole rings is 1. The molecule has 0 unspecified atom stereocenters. The summed E-state index contributed by atoms with van der Waals surface area (Å²) in [6.07, 6.45) is 1.14. The largest absolute Gasteiger partial charge is 0.324 e. The second-order valence-electron chi connectivity index (χ2n) is 3.78. The lowest BCUT2D eigenvalue weighted by Crippen LogP contribution is -2.15. The van der Waals surface area contributed by atoms with E-state index >= 15 is 0 Å². The summed E-state index contributed by atoms with van der Waals surface area (Å²) >= 11 is 5.71. The van der Waals surface area contributed by atoms with Crippen molar-refractivity contribution in [3.8, 4) is 0 Å². The molecule has 1 aromatic carbocycles. The van der Waals surface area contributed by atoms with Gasteiger partial charge in [-0.1, -0.05) is 11.6 Å². The minimum Gasteiger partial charge on any atom is -0.324 e. The van der Waals surface area contributed by atoms with E-state index in [0.717, 1.165) is 12.4 Å². The van der Waals surface area contributed by atoms with Crippen LogP contribution in [0.5, 0.6) is 0 Å². The summed E-state index contributed by atoms with van der Waals surface area (Å²) in [6.45, 7) is 0. The van der Waals surface area contributed by atoms with E-state index in [-0.39, 0.29) is 5.15 Å². The van der Waals surface area contributed by atoms with Crippen LogP contribution in [-0.4, -0.2) is 18.0 Å². The van der Waals surface area contributed by atoms with Crippen LogP contribution < -0.4 is 4.72 Å². The fourth-order valence-corrected chi connectivity index (χ4v) is 2.86. The lowest BCUT2D eigenvalue weighted by atomic mass is 10.3. The van der Waals surface area contributed by atoms with Crippen LogP contribution in [0.4, 0.5) is 18.9 Å². The fourth-order valence-electron chi connectivity index (χ4n) is 1.37. The van der Waals surface area contributed by atoms with Crippen molar-refractivity contribution in [1.82, 2.24) is 9.55 Å². The van der Waals surface area contributed by atoms with E-state index in [1.165, 1.54) is 11.6 Å². The quantitative estimate of drug-likeness (QED) is 0.881. The first-order chi connectivity index (χ1) is 9.24. The van der Waals surface area contributed by atoms with E-state index in [0.29, 0.717) is 6.07 Å². The second kappa shape index (κ2) is 4.98. The Bertz CT molecular complexity index is 776. The van der Waals surface area contributed by atoms with Crippen LogP contribution in [-0.2, 0) is 17.1 Å². The molecule has 0 saturated carbocycles.